The summed E-state index contributed by atoms with van der Waals surface area (Å²) < 4.78 is 0. The minimum atomic E-state index is -0.634. The number of halogens is 3. The number of nitrogens with zero attached hydrogens (tertiary/aromatic N) is 1. The fourth-order valence-corrected chi connectivity index (χ4v) is 0.961. The molecule has 2 unspecified atom stereocenters. The molecule has 52 valence electrons. The lowest BCUT2D eigenvalue weighted by atomic mass is 10.3. The smallest absolute Gasteiger partial charge is 0.294 e. The van der Waals surface area contributed by atoms with Gasteiger partial charge in [0.05, 0.1) is 0 Å². The fourth-order valence-electron chi connectivity index (χ4n) is 0.323. The molecule has 4 heteroatoms. The molecule has 9 heavy (non-hydrogen) atoms. The van der Waals surface area contributed by atoms with Crippen LogP contribution >= 0.6 is 34.8 Å². The minimum Gasteiger partial charge on any atom is -0.294 e. The number of hydrogen-bond donors (Lipinski definition) is 0. The molecule has 2 atom stereocenters. The zero-order valence-corrected chi connectivity index (χ0v) is 6.92. The maximum Gasteiger partial charge on any atom is 0.313 e. The molecule has 0 saturated carbocycles. The van der Waals surface area contributed by atoms with E-state index in [2.05, 4.69) is 4.85 Å². The largest absolute Gasteiger partial charge is 0.313 e. The number of hydrogen-bond acceptors (Lipinski definition) is 0. The molecule has 0 aliphatic heterocycles. The van der Waals surface area contributed by atoms with Crippen LogP contribution in [0.1, 0.15) is 6.42 Å². The van der Waals surface area contributed by atoms with E-state index in [0.29, 0.717) is 12.3 Å². The van der Waals surface area contributed by atoms with Gasteiger partial charge in [0.25, 0.3) is 0 Å². The van der Waals surface area contributed by atoms with Crippen LogP contribution in [0.2, 0.25) is 0 Å². The fraction of sp³-hybridized carbons (Fsp3) is 0.800. The highest BCUT2D eigenvalue weighted by molar-refractivity contribution is 6.30. The molecular formula is C5H6Cl3N. The molecule has 0 fully saturated rings. The topological polar surface area (TPSA) is 4.36 Å². The van der Waals surface area contributed by atoms with Crippen molar-refractivity contribution in [3.63, 3.8) is 0 Å². The summed E-state index contributed by atoms with van der Waals surface area (Å²) in [5.41, 5.74) is -0.634. The van der Waals surface area contributed by atoms with Crippen molar-refractivity contribution in [1.82, 2.24) is 0 Å². The Hall–Kier alpha value is 0.360. The van der Waals surface area contributed by atoms with Crippen molar-refractivity contribution in [3.8, 4) is 0 Å². The lowest BCUT2D eigenvalue weighted by Crippen LogP contribution is -2.10. The van der Waals surface area contributed by atoms with E-state index in [1.165, 1.54) is 0 Å². The molecule has 0 N–H and O–H groups in total. The zero-order valence-electron chi connectivity index (χ0n) is 4.65. The van der Waals surface area contributed by atoms with Crippen LogP contribution in [0.15, 0.2) is 0 Å². The van der Waals surface area contributed by atoms with E-state index in [9.17, 15) is 0 Å². The van der Waals surface area contributed by atoms with Gasteiger partial charge in [-0.1, -0.05) is 0 Å². The van der Waals surface area contributed by atoms with E-state index < -0.39 is 5.50 Å². The van der Waals surface area contributed by atoms with E-state index in [1.54, 1.807) is 0 Å². The Kier molecular flexibility index (Phi) is 5.38. The first-order chi connectivity index (χ1) is 4.22. The zero-order chi connectivity index (χ0) is 7.28. The molecule has 0 saturated heterocycles. The highest BCUT2D eigenvalue weighted by atomic mass is 35.5. The van der Waals surface area contributed by atoms with Gasteiger partial charge in [0.2, 0.25) is 0 Å². The van der Waals surface area contributed by atoms with Crippen molar-refractivity contribution in [1.29, 1.82) is 0 Å². The van der Waals surface area contributed by atoms with Gasteiger partial charge in [0.1, 0.15) is 5.38 Å². The molecule has 0 aliphatic carbocycles. The van der Waals surface area contributed by atoms with Gasteiger partial charge in [0, 0.05) is 5.88 Å². The van der Waals surface area contributed by atoms with Crippen molar-refractivity contribution in [2.24, 2.45) is 0 Å². The first kappa shape index (κ1) is 9.36. The maximum absolute atomic E-state index is 6.48. The van der Waals surface area contributed by atoms with Gasteiger partial charge in [-0.3, -0.25) is 4.85 Å². The van der Waals surface area contributed by atoms with Crippen molar-refractivity contribution in [2.75, 3.05) is 5.88 Å². The molecule has 0 heterocycles. The van der Waals surface area contributed by atoms with E-state index in [0.717, 1.165) is 0 Å². The first-order valence-corrected chi connectivity index (χ1v) is 3.83. The maximum atomic E-state index is 6.48. The predicted octanol–water partition coefficient (Wildman–Crippen LogP) is 2.71. The van der Waals surface area contributed by atoms with Crippen molar-refractivity contribution in [2.45, 2.75) is 17.3 Å². The van der Waals surface area contributed by atoms with Crippen LogP contribution < -0.4 is 0 Å². The first-order valence-electron chi connectivity index (χ1n) is 2.43. The van der Waals surface area contributed by atoms with Crippen LogP contribution in [-0.2, 0) is 0 Å². The summed E-state index contributed by atoms with van der Waals surface area (Å²) in [7, 11) is 0. The van der Waals surface area contributed by atoms with Crippen molar-refractivity contribution < 1.29 is 0 Å². The quantitative estimate of drug-likeness (QED) is 0.363. The molecule has 0 amide bonds. The Balaban J connectivity index is 3.48. The second-order valence-electron chi connectivity index (χ2n) is 1.50. The van der Waals surface area contributed by atoms with Crippen molar-refractivity contribution in [3.05, 3.63) is 11.4 Å². The van der Waals surface area contributed by atoms with E-state index >= 15 is 0 Å². The Labute approximate surface area is 69.7 Å². The van der Waals surface area contributed by atoms with Crippen LogP contribution in [0.3, 0.4) is 0 Å². The van der Waals surface area contributed by atoms with Crippen LogP contribution in [0.25, 0.3) is 4.85 Å². The molecule has 0 bridgehead atoms. The monoisotopic (exact) mass is 185 g/mol. The second-order valence-corrected chi connectivity index (χ2v) is 2.88. The Bertz CT molecular complexity index is 109. The van der Waals surface area contributed by atoms with Gasteiger partial charge in [0.15, 0.2) is 0 Å². The Morgan fingerprint density at radius 2 is 2.00 bits per heavy atom. The molecule has 0 rings (SSSR count). The third kappa shape index (κ3) is 3.86. The van der Waals surface area contributed by atoms with Gasteiger partial charge < -0.3 is 0 Å². The van der Waals surface area contributed by atoms with Gasteiger partial charge in [-0.15, -0.1) is 23.2 Å². The number of rotatable bonds is 3. The highest BCUT2D eigenvalue weighted by Crippen LogP contribution is 2.15. The standard InChI is InChI=1S/C5H6Cl3N/c1-9-5(8)4(7)2-3-6/h4-5H,2-3H2. The van der Waals surface area contributed by atoms with Crippen molar-refractivity contribution >= 4 is 34.8 Å². The summed E-state index contributed by atoms with van der Waals surface area (Å²) in [6.07, 6.45) is 0.583. The Morgan fingerprint density at radius 1 is 1.44 bits per heavy atom. The van der Waals surface area contributed by atoms with E-state index in [1.807, 2.05) is 0 Å². The summed E-state index contributed by atoms with van der Waals surface area (Å²) in [5, 5.41) is -0.318. The number of alkyl halides is 3. The van der Waals surface area contributed by atoms with Crippen LogP contribution in [0, 0.1) is 6.57 Å². The third-order valence-corrected chi connectivity index (χ3v) is 2.01. The van der Waals surface area contributed by atoms with Crippen LogP contribution in [0.5, 0.6) is 0 Å². The molecule has 0 aromatic heterocycles. The van der Waals surface area contributed by atoms with E-state index in [4.69, 9.17) is 41.4 Å². The van der Waals surface area contributed by atoms with Gasteiger partial charge in [-0.05, 0) is 18.0 Å². The summed E-state index contributed by atoms with van der Waals surface area (Å²) in [6, 6.07) is 0. The summed E-state index contributed by atoms with van der Waals surface area (Å²) in [6.45, 7) is 6.48. The molecular weight excluding hydrogens is 180 g/mol. The third-order valence-electron chi connectivity index (χ3n) is 0.807. The van der Waals surface area contributed by atoms with Gasteiger partial charge in [-0.2, -0.15) is 0 Å². The average molecular weight is 186 g/mol. The summed E-state index contributed by atoms with van der Waals surface area (Å²) in [5.74, 6) is 0.451. The summed E-state index contributed by atoms with van der Waals surface area (Å²) >= 11 is 16.4. The molecule has 0 radical (unpaired) electrons. The van der Waals surface area contributed by atoms with Crippen LogP contribution in [-0.4, -0.2) is 16.8 Å². The lowest BCUT2D eigenvalue weighted by Gasteiger charge is -2.01. The minimum absolute atomic E-state index is 0.318. The summed E-state index contributed by atoms with van der Waals surface area (Å²) in [4.78, 5) is 3.03. The second kappa shape index (κ2) is 5.17. The predicted molar refractivity (Wildman–Crippen MR) is 41.2 cm³/mol. The Morgan fingerprint density at radius 3 is 2.33 bits per heavy atom. The van der Waals surface area contributed by atoms with Crippen LogP contribution in [0.4, 0.5) is 0 Å². The lowest BCUT2D eigenvalue weighted by molar-refractivity contribution is 0.834. The molecule has 0 aromatic carbocycles. The molecule has 1 nitrogen and oxygen atoms in total. The molecule has 0 aromatic rings. The average Bonchev–Trinajstić information content (AvgIpc) is 1.87. The van der Waals surface area contributed by atoms with Gasteiger partial charge in [-0.25, -0.2) is 6.57 Å². The normalized spacial score (nSPS) is 16.2. The molecule has 0 spiro atoms. The highest BCUT2D eigenvalue weighted by Gasteiger charge is 2.19. The SMILES string of the molecule is [C-]#[N+]C(Cl)C(Cl)CCCl. The van der Waals surface area contributed by atoms with Gasteiger partial charge >= 0.3 is 5.50 Å². The molecule has 0 aliphatic rings. The van der Waals surface area contributed by atoms with E-state index in [-0.39, 0.29) is 5.38 Å².